The Bertz CT molecular complexity index is 256. The van der Waals surface area contributed by atoms with Gasteiger partial charge in [0.25, 0.3) is 0 Å². The van der Waals surface area contributed by atoms with Crippen molar-refractivity contribution in [2.24, 2.45) is 0 Å². The quantitative estimate of drug-likeness (QED) is 0.525. The maximum atomic E-state index is 11.3. The lowest BCUT2D eigenvalue weighted by Gasteiger charge is -2.24. The summed E-state index contributed by atoms with van der Waals surface area (Å²) in [5.41, 5.74) is 0. The highest BCUT2D eigenvalue weighted by Crippen LogP contribution is 2.65. The fourth-order valence-electron chi connectivity index (χ4n) is 0.964. The van der Waals surface area contributed by atoms with Crippen molar-refractivity contribution in [2.75, 3.05) is 0 Å². The first-order valence-corrected chi connectivity index (χ1v) is 7.17. The molecule has 0 saturated carbocycles. The molecule has 0 aliphatic heterocycles. The van der Waals surface area contributed by atoms with Gasteiger partial charge in [0.1, 0.15) is 11.2 Å². The molecule has 6 nitrogen and oxygen atoms in total. The minimum absolute atomic E-state index is 0.150. The Hall–Kier alpha value is 0.300. The monoisotopic (exact) mass is 232 g/mol. The van der Waals surface area contributed by atoms with Crippen molar-refractivity contribution < 1.29 is 28.9 Å². The van der Waals surface area contributed by atoms with Crippen molar-refractivity contribution in [1.29, 1.82) is 0 Å². The number of hydrogen-bond acceptors (Lipinski definition) is 3. The normalized spacial score (nSPS) is 22.0. The van der Waals surface area contributed by atoms with Gasteiger partial charge in [0.05, 0.1) is 0 Å². The lowest BCUT2D eigenvalue weighted by molar-refractivity contribution is 0.244. The number of aliphatic hydroxyl groups excluding tert-OH is 1. The van der Waals surface area contributed by atoms with Crippen molar-refractivity contribution in [2.45, 2.75) is 31.5 Å². The van der Waals surface area contributed by atoms with Crippen LogP contribution in [0.4, 0.5) is 0 Å². The van der Waals surface area contributed by atoms with E-state index in [4.69, 9.17) is 14.9 Å². The molecule has 3 unspecified atom stereocenters. The summed E-state index contributed by atoms with van der Waals surface area (Å²) in [5.74, 6) is -1.62. The molecule has 0 saturated heterocycles. The van der Waals surface area contributed by atoms with Crippen LogP contribution in [-0.2, 0) is 9.13 Å². The first-order chi connectivity index (χ1) is 5.64. The van der Waals surface area contributed by atoms with Crippen LogP contribution in [-0.4, -0.2) is 31.0 Å². The van der Waals surface area contributed by atoms with E-state index in [0.717, 1.165) is 6.92 Å². The summed E-state index contributed by atoms with van der Waals surface area (Å²) in [6.45, 7) is 2.42. The second kappa shape index (κ2) is 4.22. The van der Waals surface area contributed by atoms with Gasteiger partial charge in [0.15, 0.2) is 0 Å². The molecule has 0 aromatic heterocycles. The van der Waals surface area contributed by atoms with E-state index in [0.29, 0.717) is 0 Å². The van der Waals surface area contributed by atoms with Gasteiger partial charge in [-0.2, -0.15) is 0 Å². The first-order valence-electron chi connectivity index (χ1n) is 3.69. The summed E-state index contributed by atoms with van der Waals surface area (Å²) >= 11 is 0. The van der Waals surface area contributed by atoms with E-state index >= 15 is 0 Å². The molecule has 0 aromatic carbocycles. The van der Waals surface area contributed by atoms with E-state index < -0.39 is 26.2 Å². The van der Waals surface area contributed by atoms with Crippen LogP contribution in [0.2, 0.25) is 0 Å². The molecular formula is C5H14O6P2. The third kappa shape index (κ3) is 3.17. The summed E-state index contributed by atoms with van der Waals surface area (Å²) < 4.78 is 22.1. The molecule has 80 valence electrons. The summed E-state index contributed by atoms with van der Waals surface area (Å²) in [6.07, 6.45) is -0.150. The van der Waals surface area contributed by atoms with Crippen molar-refractivity contribution in [3.8, 4) is 0 Å². The average Bonchev–Trinajstić information content (AvgIpc) is 1.83. The van der Waals surface area contributed by atoms with Gasteiger partial charge in [-0.25, -0.2) is 0 Å². The predicted molar refractivity (Wildman–Crippen MR) is 47.6 cm³/mol. The van der Waals surface area contributed by atoms with Crippen LogP contribution in [0.1, 0.15) is 20.3 Å². The lowest BCUT2D eigenvalue weighted by atomic mass is 10.6. The molecule has 0 amide bonds. The second-order valence-electron chi connectivity index (χ2n) is 2.78. The summed E-state index contributed by atoms with van der Waals surface area (Å²) in [4.78, 5) is 26.7. The Morgan fingerprint density at radius 2 is 1.62 bits per heavy atom. The van der Waals surface area contributed by atoms with Crippen LogP contribution in [0, 0.1) is 0 Å². The molecule has 0 aliphatic rings. The predicted octanol–water partition coefficient (Wildman–Crippen LogP) is 0.509. The number of hydrogen-bond donors (Lipinski definition) is 4. The van der Waals surface area contributed by atoms with E-state index in [9.17, 15) is 14.0 Å². The molecule has 0 fully saturated rings. The van der Waals surface area contributed by atoms with Gasteiger partial charge in [-0.3, -0.25) is 9.13 Å². The minimum atomic E-state index is -4.62. The van der Waals surface area contributed by atoms with Crippen molar-refractivity contribution in [1.82, 2.24) is 0 Å². The molecule has 0 rings (SSSR count). The zero-order valence-corrected chi connectivity index (χ0v) is 9.15. The van der Waals surface area contributed by atoms with Gasteiger partial charge >= 0.3 is 7.60 Å². The largest absolute Gasteiger partial charge is 0.383 e. The van der Waals surface area contributed by atoms with Crippen LogP contribution < -0.4 is 0 Å². The smallest absolute Gasteiger partial charge is 0.338 e. The van der Waals surface area contributed by atoms with Gasteiger partial charge in [0.2, 0.25) is 7.37 Å². The fourth-order valence-corrected chi connectivity index (χ4v) is 4.76. The Balaban J connectivity index is 5.01. The molecule has 0 aliphatic carbocycles. The van der Waals surface area contributed by atoms with E-state index in [2.05, 4.69) is 0 Å². The average molecular weight is 232 g/mol. The highest BCUT2D eigenvalue weighted by Gasteiger charge is 2.45. The Labute approximate surface area is 76.2 Å². The van der Waals surface area contributed by atoms with E-state index in [1.54, 1.807) is 0 Å². The van der Waals surface area contributed by atoms with Crippen molar-refractivity contribution in [3.05, 3.63) is 0 Å². The van der Waals surface area contributed by atoms with Gasteiger partial charge in [-0.05, 0) is 13.3 Å². The zero-order chi connectivity index (χ0) is 10.9. The van der Waals surface area contributed by atoms with Gasteiger partial charge in [0, 0.05) is 0 Å². The zero-order valence-electron chi connectivity index (χ0n) is 7.36. The first kappa shape index (κ1) is 13.3. The molecule has 0 radical (unpaired) electrons. The standard InChI is InChI=1S/C5H14O6P2/c1-3-5(13(9,10)11)12(7,8)4(2)6/h4-6H,3H2,1-2H3,(H,7,8)(H2,9,10,11). The summed E-state index contributed by atoms with van der Waals surface area (Å²) in [7, 11) is -8.83. The molecular weight excluding hydrogens is 218 g/mol. The van der Waals surface area contributed by atoms with E-state index in [1.807, 2.05) is 0 Å². The van der Waals surface area contributed by atoms with E-state index in [1.165, 1.54) is 6.92 Å². The minimum Gasteiger partial charge on any atom is -0.383 e. The van der Waals surface area contributed by atoms with E-state index in [-0.39, 0.29) is 6.42 Å². The van der Waals surface area contributed by atoms with Crippen LogP contribution in [0.5, 0.6) is 0 Å². The van der Waals surface area contributed by atoms with Crippen LogP contribution in [0.25, 0.3) is 0 Å². The van der Waals surface area contributed by atoms with Crippen LogP contribution in [0.3, 0.4) is 0 Å². The molecule has 0 heterocycles. The maximum absolute atomic E-state index is 11.3. The summed E-state index contributed by atoms with van der Waals surface area (Å²) in [5, 5.41) is 7.22. The molecule has 3 atom stereocenters. The van der Waals surface area contributed by atoms with Crippen molar-refractivity contribution >= 4 is 15.0 Å². The SMILES string of the molecule is CCC(P(=O)(O)O)P(=O)(O)C(C)O. The lowest BCUT2D eigenvalue weighted by Crippen LogP contribution is -2.15. The molecule has 0 bridgehead atoms. The second-order valence-corrected chi connectivity index (χ2v) is 7.71. The molecule has 0 spiro atoms. The van der Waals surface area contributed by atoms with Crippen LogP contribution >= 0.6 is 15.0 Å². The van der Waals surface area contributed by atoms with Gasteiger partial charge < -0.3 is 19.8 Å². The maximum Gasteiger partial charge on any atom is 0.338 e. The van der Waals surface area contributed by atoms with Crippen molar-refractivity contribution in [3.63, 3.8) is 0 Å². The Morgan fingerprint density at radius 3 is 1.69 bits per heavy atom. The topological polar surface area (TPSA) is 115 Å². The van der Waals surface area contributed by atoms with Gasteiger partial charge in [-0.1, -0.05) is 6.92 Å². The Kier molecular flexibility index (Phi) is 4.31. The molecule has 8 heteroatoms. The highest BCUT2D eigenvalue weighted by atomic mass is 31.2. The van der Waals surface area contributed by atoms with Crippen LogP contribution in [0.15, 0.2) is 0 Å². The number of aliphatic hydroxyl groups is 1. The number of rotatable bonds is 4. The molecule has 0 aromatic rings. The summed E-state index contributed by atoms with van der Waals surface area (Å²) in [6, 6.07) is 0. The third-order valence-corrected chi connectivity index (χ3v) is 7.04. The molecule has 4 N–H and O–H groups in total. The third-order valence-electron chi connectivity index (χ3n) is 1.72. The van der Waals surface area contributed by atoms with Gasteiger partial charge in [-0.15, -0.1) is 0 Å². The Morgan fingerprint density at radius 1 is 1.23 bits per heavy atom. The highest BCUT2D eigenvalue weighted by molar-refractivity contribution is 7.74. The fraction of sp³-hybridized carbons (Fsp3) is 1.00. The molecule has 13 heavy (non-hydrogen) atoms.